The summed E-state index contributed by atoms with van der Waals surface area (Å²) in [5.74, 6) is -0.672. The molecule has 33 heavy (non-hydrogen) atoms. The number of anilines is 1. The fourth-order valence-electron chi connectivity index (χ4n) is 3.54. The van der Waals surface area contributed by atoms with E-state index in [4.69, 9.17) is 0 Å². The molecule has 0 fully saturated rings. The van der Waals surface area contributed by atoms with Crippen LogP contribution in [-0.2, 0) is 26.2 Å². The van der Waals surface area contributed by atoms with Crippen molar-refractivity contribution in [2.45, 2.75) is 59.2 Å². The molecule has 0 saturated heterocycles. The van der Waals surface area contributed by atoms with Gasteiger partial charge in [0.2, 0.25) is 21.8 Å². The Labute approximate surface area is 197 Å². The van der Waals surface area contributed by atoms with Crippen LogP contribution in [0.5, 0.6) is 0 Å². The van der Waals surface area contributed by atoms with Crippen molar-refractivity contribution in [1.29, 1.82) is 0 Å². The van der Waals surface area contributed by atoms with Crippen LogP contribution in [0, 0.1) is 6.92 Å². The van der Waals surface area contributed by atoms with Gasteiger partial charge in [0.15, 0.2) is 0 Å². The summed E-state index contributed by atoms with van der Waals surface area (Å²) < 4.78 is 26.3. The van der Waals surface area contributed by atoms with Crippen LogP contribution >= 0.6 is 0 Å². The van der Waals surface area contributed by atoms with Crippen molar-refractivity contribution >= 4 is 27.5 Å². The van der Waals surface area contributed by atoms with E-state index in [0.29, 0.717) is 12.1 Å². The maximum absolute atomic E-state index is 13.6. The maximum Gasteiger partial charge on any atom is 0.244 e. The molecule has 0 aromatic heterocycles. The van der Waals surface area contributed by atoms with Crippen LogP contribution in [0.1, 0.15) is 44.7 Å². The third-order valence-corrected chi connectivity index (χ3v) is 6.69. The van der Waals surface area contributed by atoms with Crippen molar-refractivity contribution in [3.63, 3.8) is 0 Å². The number of amides is 2. The highest BCUT2D eigenvalue weighted by molar-refractivity contribution is 7.92. The lowest BCUT2D eigenvalue weighted by atomic mass is 10.1. The summed E-state index contributed by atoms with van der Waals surface area (Å²) in [4.78, 5) is 28.1. The zero-order valence-corrected chi connectivity index (χ0v) is 20.9. The molecule has 2 atom stereocenters. The zero-order valence-electron chi connectivity index (χ0n) is 20.1. The Hall–Kier alpha value is -2.87. The number of carbonyl (C=O) groups excluding carboxylic acids is 2. The molecule has 0 saturated carbocycles. The highest BCUT2D eigenvalue weighted by Crippen LogP contribution is 2.20. The number of hydrogen-bond acceptors (Lipinski definition) is 4. The number of aryl methyl sites for hydroxylation is 1. The lowest BCUT2D eigenvalue weighted by Crippen LogP contribution is -2.53. The zero-order chi connectivity index (χ0) is 24.6. The fraction of sp³-hybridized carbons (Fsp3) is 0.440. The van der Waals surface area contributed by atoms with E-state index in [-0.39, 0.29) is 25.0 Å². The predicted octanol–water partition coefficient (Wildman–Crippen LogP) is 3.48. The van der Waals surface area contributed by atoms with Crippen molar-refractivity contribution in [1.82, 2.24) is 10.2 Å². The number of sulfonamides is 1. The average Bonchev–Trinajstić information content (AvgIpc) is 2.76. The van der Waals surface area contributed by atoms with Crippen molar-refractivity contribution in [2.24, 2.45) is 0 Å². The van der Waals surface area contributed by atoms with Crippen LogP contribution in [0.25, 0.3) is 0 Å². The van der Waals surface area contributed by atoms with E-state index in [1.165, 1.54) is 4.90 Å². The SMILES string of the molecule is CC[C@H](C)NC(=O)[C@H](CC)N(Cc1ccccc1)C(=O)CN(c1cccc(C)c1)S(C)(=O)=O. The van der Waals surface area contributed by atoms with Gasteiger partial charge in [0.25, 0.3) is 0 Å². The summed E-state index contributed by atoms with van der Waals surface area (Å²) in [7, 11) is -3.73. The van der Waals surface area contributed by atoms with Gasteiger partial charge >= 0.3 is 0 Å². The first-order valence-corrected chi connectivity index (χ1v) is 13.1. The lowest BCUT2D eigenvalue weighted by Gasteiger charge is -2.33. The van der Waals surface area contributed by atoms with Crippen LogP contribution in [-0.4, -0.2) is 50.0 Å². The van der Waals surface area contributed by atoms with Crippen molar-refractivity contribution in [2.75, 3.05) is 17.1 Å². The summed E-state index contributed by atoms with van der Waals surface area (Å²) in [6, 6.07) is 15.6. The fourth-order valence-corrected chi connectivity index (χ4v) is 4.38. The van der Waals surface area contributed by atoms with E-state index >= 15 is 0 Å². The topological polar surface area (TPSA) is 86.8 Å². The molecule has 0 aliphatic carbocycles. The highest BCUT2D eigenvalue weighted by atomic mass is 32.2. The smallest absolute Gasteiger partial charge is 0.244 e. The minimum atomic E-state index is -3.73. The Balaban J connectivity index is 2.41. The van der Waals surface area contributed by atoms with E-state index in [2.05, 4.69) is 5.32 Å². The van der Waals surface area contributed by atoms with Crippen LogP contribution < -0.4 is 9.62 Å². The first-order chi connectivity index (χ1) is 15.6. The molecule has 2 amide bonds. The molecule has 180 valence electrons. The van der Waals surface area contributed by atoms with Gasteiger partial charge in [0, 0.05) is 12.6 Å². The molecule has 2 aromatic rings. The van der Waals surface area contributed by atoms with Gasteiger partial charge in [0.05, 0.1) is 11.9 Å². The van der Waals surface area contributed by atoms with Crippen molar-refractivity contribution < 1.29 is 18.0 Å². The number of rotatable bonds is 11. The average molecular weight is 474 g/mol. The largest absolute Gasteiger partial charge is 0.352 e. The van der Waals surface area contributed by atoms with Gasteiger partial charge in [-0.3, -0.25) is 13.9 Å². The van der Waals surface area contributed by atoms with Gasteiger partial charge in [-0.1, -0.05) is 56.3 Å². The molecular weight excluding hydrogens is 438 g/mol. The molecule has 0 unspecified atom stereocenters. The van der Waals surface area contributed by atoms with Crippen molar-refractivity contribution in [3.05, 3.63) is 65.7 Å². The minimum absolute atomic E-state index is 0.0277. The molecule has 2 rings (SSSR count). The molecule has 1 N–H and O–H groups in total. The van der Waals surface area contributed by atoms with Crippen molar-refractivity contribution in [3.8, 4) is 0 Å². The number of nitrogens with one attached hydrogen (secondary N) is 1. The van der Waals surface area contributed by atoms with Crippen LogP contribution in [0.15, 0.2) is 54.6 Å². The van der Waals surface area contributed by atoms with Gasteiger partial charge < -0.3 is 10.2 Å². The standard InChI is InChI=1S/C25H35N3O4S/c1-6-20(4)26-25(30)23(7-2)27(17-21-13-9-8-10-14-21)24(29)18-28(33(5,31)32)22-15-11-12-19(3)16-22/h8-16,20,23H,6-7,17-18H2,1-5H3,(H,26,30)/t20-,23-/m0/s1. The molecule has 0 aliphatic heterocycles. The van der Waals surface area contributed by atoms with E-state index in [0.717, 1.165) is 28.1 Å². The molecule has 0 radical (unpaired) electrons. The molecule has 0 spiro atoms. The van der Waals surface area contributed by atoms with E-state index in [1.54, 1.807) is 18.2 Å². The maximum atomic E-state index is 13.6. The number of hydrogen-bond donors (Lipinski definition) is 1. The second-order valence-electron chi connectivity index (χ2n) is 8.36. The Kier molecular flexibility index (Phi) is 9.46. The first kappa shape index (κ1) is 26.4. The molecule has 0 bridgehead atoms. The Morgan fingerprint density at radius 1 is 1.00 bits per heavy atom. The summed E-state index contributed by atoms with van der Waals surface area (Å²) in [6.07, 6.45) is 2.26. The Bertz CT molecular complexity index is 1040. The minimum Gasteiger partial charge on any atom is -0.352 e. The number of carbonyl (C=O) groups is 2. The molecule has 7 nitrogen and oxygen atoms in total. The van der Waals surface area contributed by atoms with Gasteiger partial charge in [0.1, 0.15) is 12.6 Å². The highest BCUT2D eigenvalue weighted by Gasteiger charge is 2.32. The number of benzene rings is 2. The third-order valence-electron chi connectivity index (χ3n) is 5.55. The number of nitrogens with zero attached hydrogens (tertiary/aromatic N) is 2. The molecule has 0 heterocycles. The summed E-state index contributed by atoms with van der Waals surface area (Å²) >= 11 is 0. The van der Waals surface area contributed by atoms with Gasteiger partial charge in [-0.15, -0.1) is 0 Å². The van der Waals surface area contributed by atoms with E-state index in [1.807, 2.05) is 64.1 Å². The first-order valence-electron chi connectivity index (χ1n) is 11.2. The summed E-state index contributed by atoms with van der Waals surface area (Å²) in [6.45, 7) is 7.42. The molecule has 0 aliphatic rings. The van der Waals surface area contributed by atoms with Crippen LogP contribution in [0.2, 0.25) is 0 Å². The molecular formula is C25H35N3O4S. The van der Waals surface area contributed by atoms with Crippen LogP contribution in [0.4, 0.5) is 5.69 Å². The summed E-state index contributed by atoms with van der Waals surface area (Å²) in [5.41, 5.74) is 2.17. The molecule has 2 aromatic carbocycles. The predicted molar refractivity (Wildman–Crippen MR) is 132 cm³/mol. The molecule has 8 heteroatoms. The monoisotopic (exact) mass is 473 g/mol. The third kappa shape index (κ3) is 7.60. The van der Waals surface area contributed by atoms with Gasteiger partial charge in [-0.05, 0) is 49.9 Å². The van der Waals surface area contributed by atoms with Crippen LogP contribution in [0.3, 0.4) is 0 Å². The van der Waals surface area contributed by atoms with E-state index < -0.39 is 22.0 Å². The Morgan fingerprint density at radius 3 is 2.21 bits per heavy atom. The normalized spacial score (nSPS) is 13.1. The lowest BCUT2D eigenvalue weighted by molar-refractivity contribution is -0.140. The second-order valence-corrected chi connectivity index (χ2v) is 10.3. The second kappa shape index (κ2) is 11.8. The van der Waals surface area contributed by atoms with Gasteiger partial charge in [-0.2, -0.15) is 0 Å². The van der Waals surface area contributed by atoms with Gasteiger partial charge in [-0.25, -0.2) is 8.42 Å². The van der Waals surface area contributed by atoms with E-state index in [9.17, 15) is 18.0 Å². The Morgan fingerprint density at radius 2 is 1.67 bits per heavy atom. The quantitative estimate of drug-likeness (QED) is 0.541. The summed E-state index contributed by atoms with van der Waals surface area (Å²) in [5, 5.41) is 2.96.